The molecular weight excluding hydrogens is 534 g/mol. The topological polar surface area (TPSA) is 140 Å². The van der Waals surface area contributed by atoms with E-state index in [0.717, 1.165) is 43.0 Å². The van der Waals surface area contributed by atoms with Gasteiger partial charge in [0.2, 0.25) is 12.5 Å². The van der Waals surface area contributed by atoms with Crippen LogP contribution in [0.2, 0.25) is 0 Å². The van der Waals surface area contributed by atoms with E-state index < -0.39 is 18.5 Å². The van der Waals surface area contributed by atoms with Gasteiger partial charge in [0.15, 0.2) is 5.69 Å². The maximum Gasteiger partial charge on any atom is 0.344 e. The molecule has 2 aliphatic heterocycles. The number of aliphatic carboxylic acids is 1. The normalized spacial score (nSPS) is 30.0. The molecule has 4 aliphatic rings. The molecule has 1 amide bonds. The number of carboxylic acids is 1. The van der Waals surface area contributed by atoms with Crippen molar-refractivity contribution in [1.82, 2.24) is 14.5 Å². The average molecular weight is 578 g/mol. The van der Waals surface area contributed by atoms with Crippen molar-refractivity contribution in [3.05, 3.63) is 40.3 Å². The number of nitrogens with two attached hydrogens (primary N) is 1. The molecule has 0 radical (unpaired) electrons. The van der Waals surface area contributed by atoms with Gasteiger partial charge in [0.1, 0.15) is 5.71 Å². The fourth-order valence-corrected chi connectivity index (χ4v) is 8.63. The molecule has 4 bridgehead atoms. The second kappa shape index (κ2) is 12.5. The van der Waals surface area contributed by atoms with Crippen molar-refractivity contribution in [2.45, 2.75) is 114 Å². The number of primary amides is 1. The Bertz CT molecular complexity index is 1380. The first kappa shape index (κ1) is 28.8. The number of nitrogens with zero attached hydrogens (tertiary/aromatic N) is 4. The lowest BCUT2D eigenvalue weighted by Crippen LogP contribution is -2.58. The van der Waals surface area contributed by atoms with Crippen LogP contribution in [0.1, 0.15) is 102 Å². The SMILES string of the molecule is NC(=O)CCC(=NOCC(=O)O)c1nc2ccccc2n(C2C[C@H]3CCC[C@@H](C2)N3C2CC3CCCCC(C3)C2)c1=O. The van der Waals surface area contributed by atoms with Crippen LogP contribution in [-0.2, 0) is 14.4 Å². The Labute approximate surface area is 246 Å². The number of oxime groups is 1. The number of hydrogen-bond acceptors (Lipinski definition) is 7. The summed E-state index contributed by atoms with van der Waals surface area (Å²) in [6.07, 6.45) is 15.0. The van der Waals surface area contributed by atoms with Gasteiger partial charge < -0.3 is 20.2 Å². The summed E-state index contributed by atoms with van der Waals surface area (Å²) in [4.78, 5) is 49.5. The van der Waals surface area contributed by atoms with E-state index in [2.05, 4.69) is 15.0 Å². The summed E-state index contributed by atoms with van der Waals surface area (Å²) < 4.78 is 1.90. The zero-order chi connectivity index (χ0) is 29.2. The smallest absolute Gasteiger partial charge is 0.344 e. The molecule has 2 saturated heterocycles. The van der Waals surface area contributed by atoms with Crippen LogP contribution in [-0.4, -0.2) is 61.9 Å². The van der Waals surface area contributed by atoms with E-state index in [4.69, 9.17) is 15.7 Å². The first-order chi connectivity index (χ1) is 20.4. The van der Waals surface area contributed by atoms with Crippen molar-refractivity contribution in [3.8, 4) is 0 Å². The Morgan fingerprint density at radius 3 is 2.26 bits per heavy atom. The number of amides is 1. The molecule has 226 valence electrons. The largest absolute Gasteiger partial charge is 0.479 e. The number of piperidine rings is 2. The van der Waals surface area contributed by atoms with Crippen molar-refractivity contribution < 1.29 is 19.5 Å². The Hall–Kier alpha value is -3.27. The quantitative estimate of drug-likeness (QED) is 0.333. The summed E-state index contributed by atoms with van der Waals surface area (Å²) in [6, 6.07) is 9.21. The van der Waals surface area contributed by atoms with Crippen LogP contribution in [0, 0.1) is 11.8 Å². The monoisotopic (exact) mass is 577 g/mol. The zero-order valence-corrected chi connectivity index (χ0v) is 24.3. The number of aromatic nitrogens is 2. The van der Waals surface area contributed by atoms with Gasteiger partial charge in [0.05, 0.1) is 11.0 Å². The summed E-state index contributed by atoms with van der Waals surface area (Å²) >= 11 is 0. The molecule has 5 atom stereocenters. The predicted octanol–water partition coefficient (Wildman–Crippen LogP) is 4.38. The summed E-state index contributed by atoms with van der Waals surface area (Å²) in [5.74, 6) is -0.00634. The number of fused-ring (bicyclic) bond motifs is 5. The lowest BCUT2D eigenvalue weighted by Gasteiger charge is -2.54. The third-order valence-electron chi connectivity index (χ3n) is 10.2. The van der Waals surface area contributed by atoms with Gasteiger partial charge in [0, 0.05) is 37.0 Å². The molecule has 4 fully saturated rings. The predicted molar refractivity (Wildman–Crippen MR) is 159 cm³/mol. The number of benzene rings is 1. The third-order valence-corrected chi connectivity index (χ3v) is 10.2. The van der Waals surface area contributed by atoms with Crippen molar-refractivity contribution in [3.63, 3.8) is 0 Å². The fourth-order valence-electron chi connectivity index (χ4n) is 8.63. The van der Waals surface area contributed by atoms with Crippen LogP contribution < -0.4 is 11.3 Å². The number of para-hydroxylation sites is 2. The van der Waals surface area contributed by atoms with Crippen LogP contribution in [0.4, 0.5) is 0 Å². The van der Waals surface area contributed by atoms with Crippen LogP contribution in [0.5, 0.6) is 0 Å². The molecule has 2 saturated carbocycles. The fraction of sp³-hybridized carbons (Fsp3) is 0.656. The molecule has 2 aliphatic carbocycles. The Morgan fingerprint density at radius 1 is 0.905 bits per heavy atom. The number of hydrogen-bond donors (Lipinski definition) is 2. The molecule has 3 N–H and O–H groups in total. The van der Waals surface area contributed by atoms with E-state index in [0.29, 0.717) is 23.6 Å². The van der Waals surface area contributed by atoms with Crippen molar-refractivity contribution in [2.24, 2.45) is 22.7 Å². The molecule has 3 heterocycles. The van der Waals surface area contributed by atoms with Gasteiger partial charge in [-0.3, -0.25) is 14.5 Å². The van der Waals surface area contributed by atoms with Crippen molar-refractivity contribution >= 4 is 28.6 Å². The van der Waals surface area contributed by atoms with Crippen LogP contribution in [0.25, 0.3) is 11.0 Å². The summed E-state index contributed by atoms with van der Waals surface area (Å²) in [6.45, 7) is -0.660. The second-order valence-electron chi connectivity index (χ2n) is 13.0. The standard InChI is InChI=1S/C32H43N5O5/c33-29(38)13-12-27(35-42-19-30(39)40)31-32(41)37(28-11-4-3-10-26(28)34-31)25-17-22-8-5-9-23(18-25)36(22)24-15-20-6-1-2-7-21(14-20)16-24/h3-4,10-11,20-25H,1-2,5-9,12-19H2,(H2,33,38)(H,39,40)/t20?,21?,22-,23+,24?,25?. The molecule has 1 aromatic carbocycles. The lowest BCUT2D eigenvalue weighted by molar-refractivity contribution is -0.142. The Morgan fingerprint density at radius 2 is 1.60 bits per heavy atom. The van der Waals surface area contributed by atoms with Gasteiger partial charge in [-0.25, -0.2) is 9.78 Å². The highest BCUT2D eigenvalue weighted by Gasteiger charge is 2.45. The highest BCUT2D eigenvalue weighted by molar-refractivity contribution is 6.01. The van der Waals surface area contributed by atoms with Crippen molar-refractivity contribution in [1.29, 1.82) is 0 Å². The van der Waals surface area contributed by atoms with Crippen LogP contribution in [0.15, 0.2) is 34.2 Å². The molecule has 2 aromatic rings. The van der Waals surface area contributed by atoms with Crippen LogP contribution >= 0.6 is 0 Å². The highest BCUT2D eigenvalue weighted by Crippen LogP contribution is 2.47. The van der Waals surface area contributed by atoms with E-state index in [1.807, 2.05) is 28.8 Å². The zero-order valence-electron chi connectivity index (χ0n) is 24.3. The van der Waals surface area contributed by atoms with Gasteiger partial charge in [-0.1, -0.05) is 49.4 Å². The minimum atomic E-state index is -1.19. The van der Waals surface area contributed by atoms with E-state index in [9.17, 15) is 14.4 Å². The Balaban J connectivity index is 1.34. The average Bonchev–Trinajstić information content (AvgIpc) is 3.12. The molecule has 10 nitrogen and oxygen atoms in total. The third kappa shape index (κ3) is 6.09. The number of carboxylic acid groups (broad SMARTS) is 1. The van der Waals surface area contributed by atoms with Gasteiger partial charge in [0.25, 0.3) is 5.56 Å². The molecule has 6 rings (SSSR count). The van der Waals surface area contributed by atoms with Gasteiger partial charge >= 0.3 is 5.97 Å². The maximum atomic E-state index is 14.3. The molecule has 3 unspecified atom stereocenters. The number of carbonyl (C=O) groups excluding carboxylic acids is 1. The summed E-state index contributed by atoms with van der Waals surface area (Å²) in [5, 5.41) is 13.0. The van der Waals surface area contributed by atoms with E-state index in [1.54, 1.807) is 0 Å². The lowest BCUT2D eigenvalue weighted by atomic mass is 9.73. The Kier molecular flexibility index (Phi) is 8.60. The molecular formula is C32H43N5O5. The van der Waals surface area contributed by atoms with Gasteiger partial charge in [-0.05, 0) is 68.9 Å². The summed E-state index contributed by atoms with van der Waals surface area (Å²) in [7, 11) is 0. The first-order valence-electron chi connectivity index (χ1n) is 15.9. The second-order valence-corrected chi connectivity index (χ2v) is 13.0. The van der Waals surface area contributed by atoms with Crippen molar-refractivity contribution in [2.75, 3.05) is 6.61 Å². The van der Waals surface area contributed by atoms with Gasteiger partial charge in [-0.2, -0.15) is 0 Å². The van der Waals surface area contributed by atoms with E-state index in [1.165, 1.54) is 51.4 Å². The van der Waals surface area contributed by atoms with E-state index in [-0.39, 0.29) is 35.8 Å². The molecule has 42 heavy (non-hydrogen) atoms. The molecule has 0 spiro atoms. The van der Waals surface area contributed by atoms with Gasteiger partial charge in [-0.15, -0.1) is 0 Å². The molecule has 10 heteroatoms. The first-order valence-corrected chi connectivity index (χ1v) is 15.9. The highest BCUT2D eigenvalue weighted by atomic mass is 16.6. The minimum Gasteiger partial charge on any atom is -0.479 e. The minimum absolute atomic E-state index is 0.0129. The number of rotatable bonds is 9. The van der Waals surface area contributed by atoms with E-state index >= 15 is 0 Å². The van der Waals surface area contributed by atoms with Crippen LogP contribution in [0.3, 0.4) is 0 Å². The maximum absolute atomic E-state index is 14.3. The summed E-state index contributed by atoms with van der Waals surface area (Å²) in [5.41, 5.74) is 6.78. The molecule has 1 aromatic heterocycles. The number of carbonyl (C=O) groups is 2.